The Morgan fingerprint density at radius 1 is 1.16 bits per heavy atom. The lowest BCUT2D eigenvalue weighted by atomic mass is 9.89. The van der Waals surface area contributed by atoms with Gasteiger partial charge in [0.1, 0.15) is 35.0 Å². The topological polar surface area (TPSA) is 74.7 Å². The molecule has 0 fully saturated rings. The van der Waals surface area contributed by atoms with Crippen LogP contribution in [0.3, 0.4) is 0 Å². The van der Waals surface area contributed by atoms with Crippen LogP contribution in [-0.4, -0.2) is 26.7 Å². The van der Waals surface area contributed by atoms with Crippen LogP contribution in [0.5, 0.6) is 11.5 Å². The van der Waals surface area contributed by atoms with Gasteiger partial charge in [-0.2, -0.15) is 0 Å². The number of hydrogen-bond acceptors (Lipinski definition) is 7. The molecule has 32 heavy (non-hydrogen) atoms. The largest absolute Gasteiger partial charge is 0.497 e. The van der Waals surface area contributed by atoms with Crippen LogP contribution in [0, 0.1) is 5.92 Å². The van der Waals surface area contributed by atoms with Crippen LogP contribution in [0.4, 0.5) is 0 Å². The first kappa shape index (κ1) is 19.3. The van der Waals surface area contributed by atoms with E-state index in [4.69, 9.17) is 18.9 Å². The van der Waals surface area contributed by atoms with Gasteiger partial charge in [-0.15, -0.1) is 16.4 Å². The monoisotopic (exact) mass is 446 g/mol. The van der Waals surface area contributed by atoms with E-state index in [0.717, 1.165) is 46.1 Å². The maximum Gasteiger partial charge on any atom is 0.217 e. The second-order valence-corrected chi connectivity index (χ2v) is 9.29. The maximum atomic E-state index is 5.98. The lowest BCUT2D eigenvalue weighted by molar-refractivity contribution is 0.271. The summed E-state index contributed by atoms with van der Waals surface area (Å²) in [5.41, 5.74) is 2.25. The van der Waals surface area contributed by atoms with Crippen LogP contribution in [0.25, 0.3) is 27.4 Å². The molecule has 4 heterocycles. The van der Waals surface area contributed by atoms with Crippen molar-refractivity contribution in [3.05, 3.63) is 58.9 Å². The van der Waals surface area contributed by atoms with Gasteiger partial charge in [-0.3, -0.25) is 0 Å². The highest BCUT2D eigenvalue weighted by atomic mass is 32.1. The molecule has 1 aliphatic rings. The Hall–Kier alpha value is -3.39. The number of aryl methyl sites for hydroxylation is 1. The third kappa shape index (κ3) is 3.31. The number of hydrogen-bond donors (Lipinski definition) is 0. The van der Waals surface area contributed by atoms with Crippen molar-refractivity contribution in [1.29, 1.82) is 0 Å². The number of nitrogens with zero attached hydrogens (tertiary/aromatic N) is 4. The summed E-state index contributed by atoms with van der Waals surface area (Å²) in [6, 6.07) is 11.2. The Kier molecular flexibility index (Phi) is 4.61. The normalized spacial score (nSPS) is 15.9. The van der Waals surface area contributed by atoms with Gasteiger partial charge in [0.2, 0.25) is 5.82 Å². The summed E-state index contributed by atoms with van der Waals surface area (Å²) in [5.74, 6) is 4.15. The van der Waals surface area contributed by atoms with E-state index >= 15 is 0 Å². The zero-order valence-corrected chi connectivity index (χ0v) is 18.7. The molecule has 8 heteroatoms. The van der Waals surface area contributed by atoms with E-state index in [1.54, 1.807) is 29.3 Å². The van der Waals surface area contributed by atoms with Gasteiger partial charge in [-0.05, 0) is 67.1 Å². The molecule has 0 saturated heterocycles. The van der Waals surface area contributed by atoms with Gasteiger partial charge in [0.15, 0.2) is 11.4 Å². The SMILES string of the molecule is COc1ccc(OCc2ccc(-c3nc4c5c6c(sc5ncn4n3)CC(C)CC6)o2)cc1. The number of aromatic nitrogens is 4. The van der Waals surface area contributed by atoms with Gasteiger partial charge < -0.3 is 13.9 Å². The molecule has 1 aliphatic carbocycles. The summed E-state index contributed by atoms with van der Waals surface area (Å²) >= 11 is 1.79. The first-order valence-corrected chi connectivity index (χ1v) is 11.5. The third-order valence-corrected chi connectivity index (χ3v) is 7.12. The number of furan rings is 1. The molecule has 0 aliphatic heterocycles. The Balaban J connectivity index is 1.28. The number of rotatable bonds is 5. The smallest absolute Gasteiger partial charge is 0.217 e. The van der Waals surface area contributed by atoms with Crippen molar-refractivity contribution in [2.75, 3.05) is 7.11 Å². The molecule has 1 aromatic carbocycles. The van der Waals surface area contributed by atoms with Crippen LogP contribution in [-0.2, 0) is 19.4 Å². The standard InChI is InChI=1S/C24H22N4O3S/c1-14-3-9-18-20(11-14)32-24-21(18)23-26-22(27-28(23)13-25-24)19-10-8-17(31-19)12-30-16-6-4-15(29-2)5-7-16/h4-8,10,13-14H,3,9,11-12H2,1-2H3. The van der Waals surface area contributed by atoms with Gasteiger partial charge in [0.05, 0.1) is 12.5 Å². The summed E-state index contributed by atoms with van der Waals surface area (Å²) in [6.07, 6.45) is 5.15. The van der Waals surface area contributed by atoms with Crippen LogP contribution in [0.2, 0.25) is 0 Å². The van der Waals surface area contributed by atoms with E-state index in [9.17, 15) is 0 Å². The summed E-state index contributed by atoms with van der Waals surface area (Å²) in [7, 11) is 1.64. The van der Waals surface area contributed by atoms with Crippen molar-refractivity contribution in [1.82, 2.24) is 19.6 Å². The molecule has 0 saturated carbocycles. The molecule has 1 atom stereocenters. The molecule has 0 bridgehead atoms. The second kappa shape index (κ2) is 7.63. The molecule has 0 spiro atoms. The lowest BCUT2D eigenvalue weighted by Gasteiger charge is -2.17. The van der Waals surface area contributed by atoms with Gasteiger partial charge in [-0.1, -0.05) is 6.92 Å². The zero-order chi connectivity index (χ0) is 21.7. The molecule has 0 amide bonds. The first-order valence-electron chi connectivity index (χ1n) is 10.7. The maximum absolute atomic E-state index is 5.98. The lowest BCUT2D eigenvalue weighted by Crippen LogP contribution is -2.08. The Bertz CT molecular complexity index is 1420. The number of fused-ring (bicyclic) bond motifs is 5. The second-order valence-electron chi connectivity index (χ2n) is 8.21. The van der Waals surface area contributed by atoms with Crippen LogP contribution in [0.15, 0.2) is 47.1 Å². The third-order valence-electron chi connectivity index (χ3n) is 5.95. The first-order chi connectivity index (χ1) is 15.7. The highest BCUT2D eigenvalue weighted by Gasteiger charge is 2.24. The van der Waals surface area contributed by atoms with Crippen molar-refractivity contribution in [2.45, 2.75) is 32.8 Å². The molecule has 0 N–H and O–H groups in total. The zero-order valence-electron chi connectivity index (χ0n) is 17.9. The number of benzene rings is 1. The summed E-state index contributed by atoms with van der Waals surface area (Å²) in [5, 5.41) is 5.77. The Morgan fingerprint density at radius 2 is 2.00 bits per heavy atom. The predicted molar refractivity (Wildman–Crippen MR) is 122 cm³/mol. The molecule has 7 nitrogen and oxygen atoms in total. The molecule has 0 radical (unpaired) electrons. The molecular weight excluding hydrogens is 424 g/mol. The van der Waals surface area contributed by atoms with Crippen molar-refractivity contribution in [2.24, 2.45) is 5.92 Å². The fourth-order valence-electron chi connectivity index (χ4n) is 4.25. The number of thiophene rings is 1. The van der Waals surface area contributed by atoms with Crippen molar-refractivity contribution in [3.63, 3.8) is 0 Å². The van der Waals surface area contributed by atoms with Gasteiger partial charge in [0.25, 0.3) is 0 Å². The van der Waals surface area contributed by atoms with Gasteiger partial charge in [0, 0.05) is 4.88 Å². The average Bonchev–Trinajstić information content (AvgIpc) is 3.53. The fraction of sp³-hybridized carbons (Fsp3) is 0.292. The van der Waals surface area contributed by atoms with E-state index in [-0.39, 0.29) is 0 Å². The molecule has 162 valence electrons. The minimum Gasteiger partial charge on any atom is -0.497 e. The van der Waals surface area contributed by atoms with Crippen molar-refractivity contribution in [3.8, 4) is 23.1 Å². The molecular formula is C24H22N4O3S. The number of methoxy groups -OCH3 is 1. The Morgan fingerprint density at radius 3 is 2.84 bits per heavy atom. The van der Waals surface area contributed by atoms with E-state index in [1.807, 2.05) is 36.4 Å². The summed E-state index contributed by atoms with van der Waals surface area (Å²) < 4.78 is 18.7. The highest BCUT2D eigenvalue weighted by Crippen LogP contribution is 2.39. The van der Waals surface area contributed by atoms with Crippen LogP contribution in [0.1, 0.15) is 29.5 Å². The van der Waals surface area contributed by atoms with Crippen LogP contribution < -0.4 is 9.47 Å². The van der Waals surface area contributed by atoms with Gasteiger partial charge >= 0.3 is 0 Å². The molecule has 5 aromatic rings. The summed E-state index contributed by atoms with van der Waals surface area (Å²) in [4.78, 5) is 12.0. The van der Waals surface area contributed by atoms with E-state index in [1.165, 1.54) is 16.9 Å². The van der Waals surface area contributed by atoms with Crippen LogP contribution >= 0.6 is 11.3 Å². The molecule has 6 rings (SSSR count). The average molecular weight is 447 g/mol. The van der Waals surface area contributed by atoms with Crippen molar-refractivity contribution < 1.29 is 13.9 Å². The van der Waals surface area contributed by atoms with E-state index < -0.39 is 0 Å². The quantitative estimate of drug-likeness (QED) is 0.364. The van der Waals surface area contributed by atoms with Gasteiger partial charge in [-0.25, -0.2) is 14.5 Å². The fourth-order valence-corrected chi connectivity index (χ4v) is 5.59. The number of ether oxygens (including phenoxy) is 2. The van der Waals surface area contributed by atoms with E-state index in [0.29, 0.717) is 24.0 Å². The highest BCUT2D eigenvalue weighted by molar-refractivity contribution is 7.19. The summed E-state index contributed by atoms with van der Waals surface area (Å²) in [6.45, 7) is 2.64. The minimum atomic E-state index is 0.321. The predicted octanol–water partition coefficient (Wildman–Crippen LogP) is 5.31. The Labute approximate surface area is 188 Å². The van der Waals surface area contributed by atoms with E-state index in [2.05, 4.69) is 17.0 Å². The molecule has 4 aromatic heterocycles. The molecule has 1 unspecified atom stereocenters. The van der Waals surface area contributed by atoms with Crippen molar-refractivity contribution >= 4 is 27.2 Å². The minimum absolute atomic E-state index is 0.321.